The molecular weight excluding hydrogens is 759 g/mol. The number of carbonyl (C=O) groups is 2. The number of amides is 2. The highest BCUT2D eigenvalue weighted by atomic mass is 35.5. The van der Waals surface area contributed by atoms with Crippen LogP contribution < -0.4 is 30.7 Å². The molecule has 0 bridgehead atoms. The van der Waals surface area contributed by atoms with E-state index in [0.29, 0.717) is 74.0 Å². The van der Waals surface area contributed by atoms with Crippen LogP contribution in [0.5, 0.6) is 11.6 Å². The Morgan fingerprint density at radius 1 is 1.00 bits per heavy atom. The van der Waals surface area contributed by atoms with Crippen molar-refractivity contribution in [1.29, 1.82) is 0 Å². The lowest BCUT2D eigenvalue weighted by Crippen LogP contribution is -2.56. The molecule has 300 valence electrons. The summed E-state index contributed by atoms with van der Waals surface area (Å²) in [6.07, 6.45) is 0.906. The smallest absolute Gasteiger partial charge is 0.419 e. The van der Waals surface area contributed by atoms with Gasteiger partial charge in [-0.25, -0.2) is 0 Å². The number of benzene rings is 2. The zero-order valence-electron chi connectivity index (χ0n) is 31.8. The van der Waals surface area contributed by atoms with Gasteiger partial charge in [0.05, 0.1) is 36.5 Å². The molecule has 0 radical (unpaired) electrons. The van der Waals surface area contributed by atoms with Crippen molar-refractivity contribution in [2.75, 3.05) is 45.7 Å². The number of anilines is 1. The first kappa shape index (κ1) is 38.9. The van der Waals surface area contributed by atoms with E-state index in [1.54, 1.807) is 13.3 Å². The van der Waals surface area contributed by atoms with Gasteiger partial charge in [-0.15, -0.1) is 0 Å². The number of nitrogens with one attached hydrogen (secondary N) is 4. The summed E-state index contributed by atoms with van der Waals surface area (Å²) in [6.45, 7) is 3.26. The SMILES string of the molecule is COc1cc(-c2nccc(-c3cccc4c3CCC[C@@H]4Nc3nc(OC)c(CN4CC5(CNC(=O)C5)C4)cc3C(F)(F)F)c2Cl)ccc1CNC[C@H]1CCC(=O)N1. The summed E-state index contributed by atoms with van der Waals surface area (Å²) in [7, 11) is 3.03. The lowest BCUT2D eigenvalue weighted by atomic mass is 9.79. The first-order valence-electron chi connectivity index (χ1n) is 19.3. The first-order valence-corrected chi connectivity index (χ1v) is 19.7. The number of hydrogen-bond donors (Lipinski definition) is 4. The molecule has 2 aromatic heterocycles. The number of ether oxygens (including phenoxy) is 2. The number of methoxy groups -OCH3 is 2. The van der Waals surface area contributed by atoms with Gasteiger partial charge < -0.3 is 30.7 Å². The van der Waals surface area contributed by atoms with Crippen LogP contribution >= 0.6 is 11.6 Å². The van der Waals surface area contributed by atoms with Gasteiger partial charge in [0.15, 0.2) is 0 Å². The average Bonchev–Trinajstić information content (AvgIpc) is 3.79. The maximum absolute atomic E-state index is 14.7. The number of carbonyl (C=O) groups excluding carboxylic acids is 2. The minimum absolute atomic E-state index is 0.00896. The molecule has 57 heavy (non-hydrogen) atoms. The summed E-state index contributed by atoms with van der Waals surface area (Å²) >= 11 is 7.17. The van der Waals surface area contributed by atoms with Crippen molar-refractivity contribution in [2.24, 2.45) is 5.41 Å². The Morgan fingerprint density at radius 3 is 2.56 bits per heavy atom. The summed E-state index contributed by atoms with van der Waals surface area (Å²) in [4.78, 5) is 34.5. The Bertz CT molecular complexity index is 2200. The highest BCUT2D eigenvalue weighted by molar-refractivity contribution is 6.35. The van der Waals surface area contributed by atoms with Crippen molar-refractivity contribution < 1.29 is 32.2 Å². The molecule has 0 unspecified atom stereocenters. The van der Waals surface area contributed by atoms with Crippen molar-refractivity contribution in [1.82, 2.24) is 30.8 Å². The second-order valence-corrected chi connectivity index (χ2v) is 16.0. The molecule has 3 fully saturated rings. The average molecular weight is 804 g/mol. The Labute approximate surface area is 334 Å². The van der Waals surface area contributed by atoms with Crippen molar-refractivity contribution in [3.05, 3.63) is 87.6 Å². The molecule has 4 aromatic rings. The predicted molar refractivity (Wildman–Crippen MR) is 210 cm³/mol. The van der Waals surface area contributed by atoms with Crippen LogP contribution in [0.4, 0.5) is 19.0 Å². The van der Waals surface area contributed by atoms with Crippen LogP contribution in [0, 0.1) is 5.41 Å². The minimum Gasteiger partial charge on any atom is -0.496 e. The molecule has 11 nitrogen and oxygen atoms in total. The Balaban J connectivity index is 1.03. The molecular formula is C42H45ClF3N7O4. The van der Waals surface area contributed by atoms with Crippen molar-refractivity contribution >= 4 is 29.2 Å². The van der Waals surface area contributed by atoms with E-state index in [-0.39, 0.29) is 41.5 Å². The van der Waals surface area contributed by atoms with E-state index in [2.05, 4.69) is 31.2 Å². The van der Waals surface area contributed by atoms with E-state index in [1.807, 2.05) is 47.4 Å². The highest BCUT2D eigenvalue weighted by Crippen LogP contribution is 2.45. The fourth-order valence-corrected chi connectivity index (χ4v) is 9.23. The predicted octanol–water partition coefficient (Wildman–Crippen LogP) is 6.68. The van der Waals surface area contributed by atoms with E-state index < -0.39 is 17.8 Å². The van der Waals surface area contributed by atoms with Crippen LogP contribution in [0.15, 0.2) is 54.7 Å². The zero-order chi connectivity index (χ0) is 39.9. The molecule has 2 amide bonds. The summed E-state index contributed by atoms with van der Waals surface area (Å²) in [5.41, 5.74) is 5.19. The van der Waals surface area contributed by atoms with Crippen LogP contribution in [0.2, 0.25) is 5.02 Å². The topological polar surface area (TPSA) is 130 Å². The number of halogens is 4. The number of fused-ring (bicyclic) bond motifs is 1. The third-order valence-corrected chi connectivity index (χ3v) is 12.0. The van der Waals surface area contributed by atoms with E-state index >= 15 is 0 Å². The third-order valence-electron chi connectivity index (χ3n) is 11.6. The largest absolute Gasteiger partial charge is 0.496 e. The lowest BCUT2D eigenvalue weighted by molar-refractivity contribution is -0.137. The van der Waals surface area contributed by atoms with Gasteiger partial charge in [-0.1, -0.05) is 41.9 Å². The molecule has 2 atom stereocenters. The van der Waals surface area contributed by atoms with Gasteiger partial charge in [0.1, 0.15) is 11.6 Å². The van der Waals surface area contributed by atoms with Crippen LogP contribution in [-0.2, 0) is 35.3 Å². The lowest BCUT2D eigenvalue weighted by Gasteiger charge is -2.47. The fourth-order valence-electron chi connectivity index (χ4n) is 8.90. The number of pyridine rings is 2. The standard InChI is InChI=1S/C42H45ClF3N7O4/c1-56-34-16-24(9-10-25(34)18-47-19-27-11-12-35(54)50-27)38-37(43)31(13-14-48-38)29-5-3-7-30-28(29)6-4-8-33(30)51-39-32(42(44,45)46)15-26(40(52-39)57-2)20-53-22-41(23-53)17-36(55)49-21-41/h3,5,7,9-10,13-16,27,33,47H,4,6,8,11-12,17-23H2,1-2H3,(H,49,55)(H,50,54)(H,51,52)/t27-,33+/m1/s1. The maximum Gasteiger partial charge on any atom is 0.419 e. The van der Waals surface area contributed by atoms with E-state index in [0.717, 1.165) is 58.7 Å². The van der Waals surface area contributed by atoms with Crippen molar-refractivity contribution in [2.45, 2.75) is 69.9 Å². The summed E-state index contributed by atoms with van der Waals surface area (Å²) < 4.78 is 55.4. The van der Waals surface area contributed by atoms with Gasteiger partial charge in [0.25, 0.3) is 0 Å². The molecule has 1 spiro atoms. The minimum atomic E-state index is -4.67. The van der Waals surface area contributed by atoms with Crippen LogP contribution in [0.25, 0.3) is 22.4 Å². The maximum atomic E-state index is 14.7. The van der Waals surface area contributed by atoms with Crippen LogP contribution in [0.3, 0.4) is 0 Å². The molecule has 2 aromatic carbocycles. The Hall–Kier alpha value is -4.92. The number of rotatable bonds is 12. The molecule has 3 aliphatic heterocycles. The number of hydrogen-bond acceptors (Lipinski definition) is 9. The monoisotopic (exact) mass is 803 g/mol. The molecule has 1 aliphatic carbocycles. The summed E-state index contributed by atoms with van der Waals surface area (Å²) in [6, 6.07) is 14.4. The van der Waals surface area contributed by atoms with E-state index in [4.69, 9.17) is 21.1 Å². The molecule has 3 saturated heterocycles. The molecule has 4 aliphatic rings. The molecule has 4 N–H and O–H groups in total. The van der Waals surface area contributed by atoms with Gasteiger partial charge in [-0.2, -0.15) is 18.2 Å². The van der Waals surface area contributed by atoms with Gasteiger partial charge >= 0.3 is 6.18 Å². The van der Waals surface area contributed by atoms with Gasteiger partial charge in [0.2, 0.25) is 17.7 Å². The zero-order valence-corrected chi connectivity index (χ0v) is 32.6. The molecule has 5 heterocycles. The molecule has 0 saturated carbocycles. The van der Waals surface area contributed by atoms with Gasteiger partial charge in [-0.3, -0.25) is 19.5 Å². The van der Waals surface area contributed by atoms with Gasteiger partial charge in [-0.05, 0) is 60.6 Å². The quantitative estimate of drug-likeness (QED) is 0.124. The normalized spacial score (nSPS) is 20.2. The number of aromatic nitrogens is 2. The van der Waals surface area contributed by atoms with E-state index in [1.165, 1.54) is 7.11 Å². The molecule has 15 heteroatoms. The third kappa shape index (κ3) is 7.99. The first-order chi connectivity index (χ1) is 27.4. The van der Waals surface area contributed by atoms with Crippen molar-refractivity contribution in [3.63, 3.8) is 0 Å². The second kappa shape index (κ2) is 15.8. The Kier molecular flexibility index (Phi) is 10.8. The fraction of sp³-hybridized carbons (Fsp3) is 0.429. The Morgan fingerprint density at radius 2 is 1.84 bits per heavy atom. The summed E-state index contributed by atoms with van der Waals surface area (Å²) in [5, 5.41) is 12.9. The van der Waals surface area contributed by atoms with Crippen molar-refractivity contribution in [3.8, 4) is 34.0 Å². The van der Waals surface area contributed by atoms with E-state index in [9.17, 15) is 22.8 Å². The van der Waals surface area contributed by atoms with Crippen LogP contribution in [0.1, 0.15) is 66.0 Å². The number of alkyl halides is 3. The summed E-state index contributed by atoms with van der Waals surface area (Å²) in [5.74, 6) is 0.619. The number of nitrogens with zero attached hydrogens (tertiary/aromatic N) is 3. The highest BCUT2D eigenvalue weighted by Gasteiger charge is 2.48. The van der Waals surface area contributed by atoms with Gasteiger partial charge in [0, 0.05) is 92.0 Å². The molecule has 8 rings (SSSR count). The van der Waals surface area contributed by atoms with Crippen LogP contribution in [-0.4, -0.2) is 73.1 Å². The number of likely N-dealkylation sites (tertiary alicyclic amines) is 1. The second-order valence-electron chi connectivity index (χ2n) is 15.6.